The van der Waals surface area contributed by atoms with Gasteiger partial charge in [-0.25, -0.2) is 9.97 Å². The van der Waals surface area contributed by atoms with E-state index >= 15 is 0 Å². The minimum Gasteiger partial charge on any atom is -0.383 e. The Bertz CT molecular complexity index is 1580. The van der Waals surface area contributed by atoms with Gasteiger partial charge in [0.25, 0.3) is 5.91 Å². The van der Waals surface area contributed by atoms with Crippen LogP contribution in [0.25, 0.3) is 21.9 Å². The average molecular weight is 515 g/mol. The summed E-state index contributed by atoms with van der Waals surface area (Å²) in [6, 6.07) is 9.57. The van der Waals surface area contributed by atoms with Crippen molar-refractivity contribution in [3.63, 3.8) is 0 Å². The van der Waals surface area contributed by atoms with Gasteiger partial charge < -0.3 is 29.4 Å². The standard InChI is InChI=1S/C26H30N10O2/c1-34-7-9-35(10-8-34)23-15-22-21(30-25(31-22)32-26-27-5-6-36(26)11-12-38-2)14-19(23)24(37)29-18-4-3-17-16-28-33-20(17)13-18/h3-6,13-16H,7-12H2,1-2H3,(H,28,33)(H,29,37)(H2,27,30,31,32). The van der Waals surface area contributed by atoms with Crippen molar-refractivity contribution in [3.8, 4) is 0 Å². The van der Waals surface area contributed by atoms with Gasteiger partial charge in [-0.2, -0.15) is 5.10 Å². The Morgan fingerprint density at radius 1 is 1.13 bits per heavy atom. The molecule has 4 N–H and O–H groups in total. The number of imidazole rings is 2. The fraction of sp³-hybridized carbons (Fsp3) is 0.308. The van der Waals surface area contributed by atoms with Crippen molar-refractivity contribution >= 4 is 51.1 Å². The van der Waals surface area contributed by atoms with Crippen molar-refractivity contribution in [1.29, 1.82) is 0 Å². The van der Waals surface area contributed by atoms with Crippen molar-refractivity contribution in [3.05, 3.63) is 54.5 Å². The van der Waals surface area contributed by atoms with Crippen LogP contribution in [0.2, 0.25) is 0 Å². The highest BCUT2D eigenvalue weighted by molar-refractivity contribution is 6.11. The highest BCUT2D eigenvalue weighted by Gasteiger charge is 2.23. The predicted molar refractivity (Wildman–Crippen MR) is 147 cm³/mol. The van der Waals surface area contributed by atoms with E-state index in [0.29, 0.717) is 36.3 Å². The number of aromatic nitrogens is 6. The topological polar surface area (TPSA) is 132 Å². The maximum atomic E-state index is 13.6. The molecule has 2 aromatic carbocycles. The number of H-pyrrole nitrogens is 2. The Kier molecular flexibility index (Phi) is 6.40. The minimum atomic E-state index is -0.182. The van der Waals surface area contributed by atoms with Crippen LogP contribution in [0.4, 0.5) is 23.3 Å². The molecular weight excluding hydrogens is 484 g/mol. The van der Waals surface area contributed by atoms with Crippen molar-refractivity contribution in [2.75, 3.05) is 62.5 Å². The summed E-state index contributed by atoms with van der Waals surface area (Å²) in [5.74, 6) is 1.03. The number of carbonyl (C=O) groups is 1. The van der Waals surface area contributed by atoms with Crippen LogP contribution in [-0.2, 0) is 11.3 Å². The molecule has 0 atom stereocenters. The number of anilines is 4. The number of rotatable bonds is 8. The van der Waals surface area contributed by atoms with Gasteiger partial charge in [-0.3, -0.25) is 15.2 Å². The zero-order chi connectivity index (χ0) is 26.1. The fourth-order valence-electron chi connectivity index (χ4n) is 4.72. The lowest BCUT2D eigenvalue weighted by Gasteiger charge is -2.35. The molecule has 5 aromatic rings. The lowest BCUT2D eigenvalue weighted by atomic mass is 10.1. The number of nitrogens with one attached hydrogen (secondary N) is 4. The van der Waals surface area contributed by atoms with Crippen molar-refractivity contribution < 1.29 is 9.53 Å². The minimum absolute atomic E-state index is 0.182. The number of fused-ring (bicyclic) bond motifs is 2. The number of ether oxygens (including phenoxy) is 1. The molecule has 196 valence electrons. The first-order valence-electron chi connectivity index (χ1n) is 12.6. The summed E-state index contributed by atoms with van der Waals surface area (Å²) < 4.78 is 7.15. The molecule has 0 radical (unpaired) electrons. The van der Waals surface area contributed by atoms with Crippen LogP contribution in [0.3, 0.4) is 0 Å². The zero-order valence-electron chi connectivity index (χ0n) is 21.4. The van der Waals surface area contributed by atoms with Crippen LogP contribution in [0.15, 0.2) is 48.9 Å². The third-order valence-corrected chi connectivity index (χ3v) is 6.87. The lowest BCUT2D eigenvalue weighted by molar-refractivity contribution is 0.102. The van der Waals surface area contributed by atoms with Crippen molar-refractivity contribution in [2.45, 2.75) is 6.54 Å². The number of benzene rings is 2. The maximum Gasteiger partial charge on any atom is 0.257 e. The second-order valence-electron chi connectivity index (χ2n) is 9.45. The smallest absolute Gasteiger partial charge is 0.257 e. The van der Waals surface area contributed by atoms with Gasteiger partial charge in [0, 0.05) is 63.3 Å². The zero-order valence-corrected chi connectivity index (χ0v) is 21.4. The molecule has 12 heteroatoms. The quantitative estimate of drug-likeness (QED) is 0.248. The highest BCUT2D eigenvalue weighted by Crippen LogP contribution is 2.30. The Morgan fingerprint density at radius 2 is 2.00 bits per heavy atom. The van der Waals surface area contributed by atoms with Crippen LogP contribution >= 0.6 is 0 Å². The molecule has 0 aliphatic carbocycles. The van der Waals surface area contributed by atoms with Crippen LogP contribution in [0.5, 0.6) is 0 Å². The predicted octanol–water partition coefficient (Wildman–Crippen LogP) is 3.03. The largest absolute Gasteiger partial charge is 0.383 e. The summed E-state index contributed by atoms with van der Waals surface area (Å²) in [5.41, 5.74) is 4.55. The Hall–Kier alpha value is -4.42. The summed E-state index contributed by atoms with van der Waals surface area (Å²) in [7, 11) is 3.78. The summed E-state index contributed by atoms with van der Waals surface area (Å²) in [4.78, 5) is 30.6. The Balaban J connectivity index is 1.33. The molecule has 0 bridgehead atoms. The summed E-state index contributed by atoms with van der Waals surface area (Å²) in [5, 5.41) is 14.3. The van der Waals surface area contributed by atoms with Gasteiger partial charge in [0.1, 0.15) is 0 Å². The van der Waals surface area contributed by atoms with Crippen molar-refractivity contribution in [2.24, 2.45) is 0 Å². The normalized spacial score (nSPS) is 14.4. The van der Waals surface area contributed by atoms with E-state index < -0.39 is 0 Å². The van der Waals surface area contributed by atoms with E-state index in [1.54, 1.807) is 19.5 Å². The molecule has 1 aliphatic heterocycles. The third kappa shape index (κ3) is 4.78. The molecule has 1 fully saturated rings. The molecule has 3 aromatic heterocycles. The van der Waals surface area contributed by atoms with Gasteiger partial charge in [0.05, 0.1) is 40.6 Å². The molecule has 0 unspecified atom stereocenters. The van der Waals surface area contributed by atoms with E-state index in [9.17, 15) is 4.79 Å². The lowest BCUT2D eigenvalue weighted by Crippen LogP contribution is -2.45. The van der Waals surface area contributed by atoms with Crippen LogP contribution in [0, 0.1) is 0 Å². The molecule has 6 rings (SSSR count). The number of piperazine rings is 1. The molecule has 0 spiro atoms. The average Bonchev–Trinajstić information content (AvgIpc) is 3.66. The molecule has 4 heterocycles. The van der Waals surface area contributed by atoms with Gasteiger partial charge in [-0.05, 0) is 37.4 Å². The number of likely N-dealkylation sites (N-methyl/N-ethyl adjacent to an activating group) is 1. The van der Waals surface area contributed by atoms with E-state index in [4.69, 9.17) is 9.72 Å². The first-order valence-corrected chi connectivity index (χ1v) is 12.6. The first-order chi connectivity index (χ1) is 18.6. The number of hydrogen-bond acceptors (Lipinski definition) is 8. The number of methoxy groups -OCH3 is 1. The molecule has 1 amide bonds. The molecular formula is C26H30N10O2. The van der Waals surface area contributed by atoms with Crippen LogP contribution in [0.1, 0.15) is 10.4 Å². The van der Waals surface area contributed by atoms with Gasteiger partial charge in [-0.1, -0.05) is 0 Å². The number of nitrogens with zero attached hydrogens (tertiary/aromatic N) is 6. The third-order valence-electron chi connectivity index (χ3n) is 6.87. The molecule has 12 nitrogen and oxygen atoms in total. The number of aromatic amines is 2. The fourth-order valence-corrected chi connectivity index (χ4v) is 4.72. The maximum absolute atomic E-state index is 13.6. The van der Waals surface area contributed by atoms with Gasteiger partial charge in [-0.15, -0.1) is 0 Å². The van der Waals surface area contributed by atoms with E-state index in [1.807, 2.05) is 41.1 Å². The summed E-state index contributed by atoms with van der Waals surface area (Å²) in [6.07, 6.45) is 5.38. The van der Waals surface area contributed by atoms with Gasteiger partial charge >= 0.3 is 0 Å². The molecule has 38 heavy (non-hydrogen) atoms. The molecule has 0 saturated carbocycles. The molecule has 1 saturated heterocycles. The number of carbonyl (C=O) groups excluding carboxylic acids is 1. The van der Waals surface area contributed by atoms with E-state index in [2.05, 4.69) is 47.6 Å². The van der Waals surface area contributed by atoms with Crippen LogP contribution < -0.4 is 15.5 Å². The van der Waals surface area contributed by atoms with E-state index in [-0.39, 0.29) is 5.91 Å². The molecule has 1 aliphatic rings. The van der Waals surface area contributed by atoms with Crippen molar-refractivity contribution in [1.82, 2.24) is 34.6 Å². The Morgan fingerprint density at radius 3 is 2.84 bits per heavy atom. The van der Waals surface area contributed by atoms with E-state index in [0.717, 1.165) is 53.8 Å². The van der Waals surface area contributed by atoms with Gasteiger partial charge in [0.15, 0.2) is 0 Å². The van der Waals surface area contributed by atoms with E-state index in [1.165, 1.54) is 0 Å². The highest BCUT2D eigenvalue weighted by atomic mass is 16.5. The Labute approximate surface area is 219 Å². The number of amides is 1. The summed E-state index contributed by atoms with van der Waals surface area (Å²) >= 11 is 0. The second kappa shape index (κ2) is 10.1. The SMILES string of the molecule is COCCn1ccnc1Nc1nc2cc(N3CCN(C)CC3)c(C(=O)Nc3ccc4cn[nH]c4c3)cc2[nH]1. The number of hydrogen-bond donors (Lipinski definition) is 4. The monoisotopic (exact) mass is 514 g/mol. The second-order valence-corrected chi connectivity index (χ2v) is 9.45. The summed E-state index contributed by atoms with van der Waals surface area (Å²) in [6.45, 7) is 4.75. The van der Waals surface area contributed by atoms with Gasteiger partial charge in [0.2, 0.25) is 11.9 Å². The first kappa shape index (κ1) is 23.9. The van der Waals surface area contributed by atoms with Crippen LogP contribution in [-0.4, -0.2) is 87.5 Å².